The Labute approximate surface area is 184 Å². The molecular formula is C26H44O4. The van der Waals surface area contributed by atoms with Crippen molar-refractivity contribution in [1.29, 1.82) is 0 Å². The molecule has 0 amide bonds. The normalized spacial score (nSPS) is 27.7. The first-order chi connectivity index (χ1) is 14.5. The summed E-state index contributed by atoms with van der Waals surface area (Å²) in [6, 6.07) is 0. The molecule has 0 saturated carbocycles. The van der Waals surface area contributed by atoms with Gasteiger partial charge in [-0.25, -0.2) is 0 Å². The van der Waals surface area contributed by atoms with Gasteiger partial charge in [0.25, 0.3) is 0 Å². The molecule has 0 bridgehead atoms. The van der Waals surface area contributed by atoms with Gasteiger partial charge in [-0.1, -0.05) is 51.0 Å². The second-order valence-corrected chi connectivity index (χ2v) is 10.00. The van der Waals surface area contributed by atoms with Gasteiger partial charge >= 0.3 is 0 Å². The van der Waals surface area contributed by atoms with Crippen molar-refractivity contribution in [3.8, 4) is 0 Å². The monoisotopic (exact) mass is 420 g/mol. The second-order valence-electron chi connectivity index (χ2n) is 10.00. The molecule has 2 heterocycles. The minimum absolute atomic E-state index is 0.0731. The molecule has 2 aliphatic heterocycles. The number of allylic oxidation sites excluding steroid dienone is 4. The topological polar surface area (TPSA) is 36.9 Å². The van der Waals surface area contributed by atoms with E-state index >= 15 is 0 Å². The van der Waals surface area contributed by atoms with Crippen molar-refractivity contribution in [2.45, 2.75) is 91.6 Å². The molecule has 4 nitrogen and oxygen atoms in total. The van der Waals surface area contributed by atoms with E-state index in [1.165, 1.54) is 25.7 Å². The lowest BCUT2D eigenvalue weighted by molar-refractivity contribution is -0.0465. The van der Waals surface area contributed by atoms with Crippen LogP contribution in [0, 0.1) is 23.7 Å². The standard InChI is InChI=1S/2C13H22O2/c2*1-10(2)12-5-3-11(9-12)4-6-13-14-7-8-15-13/h9-10,12-13H,3-8H2,1-2H3;3,10,12-13H,4-9H2,1-2H3. The third-order valence-corrected chi connectivity index (χ3v) is 7.07. The molecule has 4 aliphatic rings. The number of hydrogen-bond acceptors (Lipinski definition) is 4. The number of hydrogen-bond donors (Lipinski definition) is 0. The van der Waals surface area contributed by atoms with E-state index < -0.39 is 0 Å². The van der Waals surface area contributed by atoms with Gasteiger partial charge in [-0.3, -0.25) is 0 Å². The van der Waals surface area contributed by atoms with Crippen LogP contribution in [-0.2, 0) is 18.9 Å². The predicted octanol–water partition coefficient (Wildman–Crippen LogP) is 6.26. The summed E-state index contributed by atoms with van der Waals surface area (Å²) in [6.45, 7) is 12.4. The summed E-state index contributed by atoms with van der Waals surface area (Å²) in [5.41, 5.74) is 3.24. The van der Waals surface area contributed by atoms with Gasteiger partial charge in [0.05, 0.1) is 26.4 Å². The molecule has 2 aliphatic carbocycles. The van der Waals surface area contributed by atoms with Crippen molar-refractivity contribution >= 4 is 0 Å². The molecule has 2 saturated heterocycles. The van der Waals surface area contributed by atoms with Gasteiger partial charge in [0.1, 0.15) is 0 Å². The minimum Gasteiger partial charge on any atom is -0.350 e. The molecule has 0 N–H and O–H groups in total. The van der Waals surface area contributed by atoms with E-state index in [4.69, 9.17) is 18.9 Å². The minimum atomic E-state index is 0.0731. The fourth-order valence-electron chi connectivity index (χ4n) is 4.84. The lowest BCUT2D eigenvalue weighted by atomic mass is 9.92. The first kappa shape index (κ1) is 24.0. The van der Waals surface area contributed by atoms with E-state index in [1.807, 2.05) is 0 Å². The zero-order chi connectivity index (χ0) is 21.3. The van der Waals surface area contributed by atoms with E-state index in [0.29, 0.717) is 0 Å². The van der Waals surface area contributed by atoms with Gasteiger partial charge in [-0.15, -0.1) is 0 Å². The number of rotatable bonds is 8. The van der Waals surface area contributed by atoms with Crippen LogP contribution in [0.3, 0.4) is 0 Å². The summed E-state index contributed by atoms with van der Waals surface area (Å²) in [7, 11) is 0. The zero-order valence-corrected chi connectivity index (χ0v) is 19.7. The van der Waals surface area contributed by atoms with Crippen molar-refractivity contribution in [2.75, 3.05) is 26.4 Å². The van der Waals surface area contributed by atoms with E-state index in [-0.39, 0.29) is 12.6 Å². The third-order valence-electron chi connectivity index (χ3n) is 7.07. The molecule has 0 aromatic heterocycles. The maximum absolute atomic E-state index is 5.44. The number of ether oxygens (including phenoxy) is 4. The Kier molecular flexibility index (Phi) is 9.89. The Hall–Kier alpha value is -0.680. The average Bonchev–Trinajstić information content (AvgIpc) is 3.53. The Balaban J connectivity index is 0.000000171. The fourth-order valence-corrected chi connectivity index (χ4v) is 4.84. The van der Waals surface area contributed by atoms with Gasteiger partial charge < -0.3 is 18.9 Å². The largest absolute Gasteiger partial charge is 0.350 e. The van der Waals surface area contributed by atoms with E-state index in [0.717, 1.165) is 75.8 Å². The molecule has 4 rings (SSSR count). The summed E-state index contributed by atoms with van der Waals surface area (Å²) in [5, 5.41) is 0. The summed E-state index contributed by atoms with van der Waals surface area (Å²) in [5.74, 6) is 3.30. The Bertz CT molecular complexity index is 553. The van der Waals surface area contributed by atoms with E-state index in [2.05, 4.69) is 39.8 Å². The Morgan fingerprint density at radius 2 is 1.37 bits per heavy atom. The highest BCUT2D eigenvalue weighted by Crippen LogP contribution is 2.34. The van der Waals surface area contributed by atoms with Crippen molar-refractivity contribution < 1.29 is 18.9 Å². The molecule has 2 atom stereocenters. The van der Waals surface area contributed by atoms with Crippen molar-refractivity contribution in [1.82, 2.24) is 0 Å². The molecule has 30 heavy (non-hydrogen) atoms. The first-order valence-corrected chi connectivity index (χ1v) is 12.3. The van der Waals surface area contributed by atoms with Gasteiger partial charge in [0, 0.05) is 12.8 Å². The second kappa shape index (κ2) is 12.4. The van der Waals surface area contributed by atoms with Crippen molar-refractivity contribution in [2.24, 2.45) is 23.7 Å². The van der Waals surface area contributed by atoms with E-state index in [1.54, 1.807) is 11.1 Å². The lowest BCUT2D eigenvalue weighted by Gasteiger charge is -2.14. The van der Waals surface area contributed by atoms with Crippen LogP contribution in [0.2, 0.25) is 0 Å². The molecular weight excluding hydrogens is 376 g/mol. The molecule has 0 radical (unpaired) electrons. The van der Waals surface area contributed by atoms with Crippen LogP contribution in [0.5, 0.6) is 0 Å². The maximum atomic E-state index is 5.44. The highest BCUT2D eigenvalue weighted by molar-refractivity contribution is 5.12. The predicted molar refractivity (Wildman–Crippen MR) is 121 cm³/mol. The van der Waals surface area contributed by atoms with Crippen molar-refractivity contribution in [3.05, 3.63) is 23.3 Å². The van der Waals surface area contributed by atoms with Gasteiger partial charge in [-0.2, -0.15) is 0 Å². The van der Waals surface area contributed by atoms with Gasteiger partial charge in [-0.05, 0) is 62.2 Å². The molecule has 4 heteroatoms. The molecule has 2 fully saturated rings. The molecule has 0 aromatic rings. The lowest BCUT2D eigenvalue weighted by Crippen LogP contribution is -2.08. The fraction of sp³-hybridized carbons (Fsp3) is 0.846. The third kappa shape index (κ3) is 7.78. The zero-order valence-electron chi connectivity index (χ0n) is 19.7. The van der Waals surface area contributed by atoms with Crippen molar-refractivity contribution in [3.63, 3.8) is 0 Å². The average molecular weight is 421 g/mol. The van der Waals surface area contributed by atoms with E-state index in [9.17, 15) is 0 Å². The summed E-state index contributed by atoms with van der Waals surface area (Å²) in [6.07, 6.45) is 14.7. The molecule has 0 spiro atoms. The van der Waals surface area contributed by atoms with Crippen LogP contribution in [0.15, 0.2) is 23.3 Å². The van der Waals surface area contributed by atoms with Crippen LogP contribution in [0.25, 0.3) is 0 Å². The summed E-state index contributed by atoms with van der Waals surface area (Å²) >= 11 is 0. The molecule has 2 unspecified atom stereocenters. The van der Waals surface area contributed by atoms with Crippen LogP contribution in [0.1, 0.15) is 79.1 Å². The van der Waals surface area contributed by atoms with Crippen LogP contribution >= 0.6 is 0 Å². The molecule has 0 aromatic carbocycles. The Morgan fingerprint density at radius 1 is 0.800 bits per heavy atom. The quantitative estimate of drug-likeness (QED) is 0.434. The summed E-state index contributed by atoms with van der Waals surface area (Å²) in [4.78, 5) is 0. The maximum Gasteiger partial charge on any atom is 0.158 e. The Morgan fingerprint density at radius 3 is 1.83 bits per heavy atom. The van der Waals surface area contributed by atoms with Crippen LogP contribution < -0.4 is 0 Å². The SMILES string of the molecule is CC(C)C1C=C(CCC2OCCO2)CC1.CC(C)C1CC=C(CCC2OCCO2)C1. The van der Waals surface area contributed by atoms with Crippen LogP contribution in [-0.4, -0.2) is 39.0 Å². The molecule has 172 valence electrons. The van der Waals surface area contributed by atoms with Crippen LogP contribution in [0.4, 0.5) is 0 Å². The van der Waals surface area contributed by atoms with Gasteiger partial charge in [0.15, 0.2) is 12.6 Å². The summed E-state index contributed by atoms with van der Waals surface area (Å²) < 4.78 is 21.8. The first-order valence-electron chi connectivity index (χ1n) is 12.3. The van der Waals surface area contributed by atoms with Gasteiger partial charge in [0.2, 0.25) is 0 Å². The smallest absolute Gasteiger partial charge is 0.158 e. The highest BCUT2D eigenvalue weighted by Gasteiger charge is 2.22. The highest BCUT2D eigenvalue weighted by atomic mass is 16.7.